The number of hydrogen-bond donors (Lipinski definition) is 1. The van der Waals surface area contributed by atoms with Crippen LogP contribution in [-0.4, -0.2) is 107 Å². The summed E-state index contributed by atoms with van der Waals surface area (Å²) in [5, 5.41) is 3.15. The lowest BCUT2D eigenvalue weighted by atomic mass is 9.68. The fourth-order valence-electron chi connectivity index (χ4n) is 11.2. The molecule has 0 atom stereocenters. The van der Waals surface area contributed by atoms with Crippen molar-refractivity contribution < 1.29 is 9.59 Å². The molecule has 0 radical (unpaired) electrons. The van der Waals surface area contributed by atoms with E-state index in [1.807, 2.05) is 11.8 Å². The summed E-state index contributed by atoms with van der Waals surface area (Å²) in [6.45, 7) is 5.31. The molecule has 2 spiro atoms. The molecule has 3 heterocycles. The van der Waals surface area contributed by atoms with Crippen molar-refractivity contribution in [1.82, 2.24) is 34.9 Å². The van der Waals surface area contributed by atoms with E-state index in [4.69, 9.17) is 0 Å². The van der Waals surface area contributed by atoms with E-state index in [-0.39, 0.29) is 41.6 Å². The molecule has 6 aliphatic rings. The van der Waals surface area contributed by atoms with Crippen LogP contribution in [0.25, 0.3) is 0 Å². The molecule has 6 fully saturated rings. The molecule has 0 bridgehead atoms. The summed E-state index contributed by atoms with van der Waals surface area (Å²) in [4.78, 5) is 46.1. The maximum atomic E-state index is 13.7. The van der Waals surface area contributed by atoms with E-state index in [0.29, 0.717) is 5.92 Å². The lowest BCUT2D eigenvalue weighted by Crippen LogP contribution is -2.56. The van der Waals surface area contributed by atoms with Crippen molar-refractivity contribution in [3.63, 3.8) is 0 Å². The van der Waals surface area contributed by atoms with Crippen LogP contribution in [0.15, 0.2) is 73.1 Å². The first kappa shape index (κ1) is 42.1. The second-order valence-corrected chi connectivity index (χ2v) is 18.9. The minimum atomic E-state index is -0.105. The van der Waals surface area contributed by atoms with Gasteiger partial charge in [-0.3, -0.25) is 14.7 Å². The van der Waals surface area contributed by atoms with E-state index < -0.39 is 0 Å². The topological polar surface area (TPSA) is 88.2 Å². The molecule has 2 saturated heterocycles. The van der Waals surface area contributed by atoms with E-state index in [1.54, 1.807) is 12.4 Å². The maximum absolute atomic E-state index is 13.7. The minimum absolute atomic E-state index is 0. The molecule has 2 aromatic carbocycles. The van der Waals surface area contributed by atoms with Crippen LogP contribution in [0.3, 0.4) is 0 Å². The second kappa shape index (κ2) is 16.9. The number of anilines is 1. The van der Waals surface area contributed by atoms with E-state index in [9.17, 15) is 9.59 Å². The lowest BCUT2D eigenvalue weighted by Gasteiger charge is -2.51. The molecule has 2 aliphatic heterocycles. The monoisotopic (exact) mass is 791 g/mol. The fourth-order valence-corrected chi connectivity index (χ4v) is 11.2. The van der Waals surface area contributed by atoms with E-state index >= 15 is 0 Å². The van der Waals surface area contributed by atoms with Crippen LogP contribution in [-0.2, 0) is 11.1 Å². The highest BCUT2D eigenvalue weighted by Crippen LogP contribution is 2.51. The fraction of sp³-hybridized carbons (Fsp3) is 0.625. The van der Waals surface area contributed by atoms with Crippen molar-refractivity contribution in [1.29, 1.82) is 0 Å². The maximum Gasteiger partial charge on any atom is 0.325 e. The smallest absolute Gasteiger partial charge is 0.325 e. The minimum Gasteiger partial charge on any atom is -0.336 e. The highest BCUT2D eigenvalue weighted by atomic mass is 16.2. The van der Waals surface area contributed by atoms with Gasteiger partial charge in [0.15, 0.2) is 0 Å². The Morgan fingerprint density at radius 2 is 1.10 bits per heavy atom. The normalized spacial score (nSPS) is 29.9. The standard InChI is InChI=1S/C26H35N5O.C21H31N3O.CH4/c1-20-27-16-23(17-28-20)30-19-25(31(24(30)32)18-21-8-7-9-21)12-14-26(15-13-25,29(2)3)22-10-5-4-6-11-22;1-23(2)21(18-9-4-3-5-10-18)13-11-20(12-14-21)16-22-19(25)24(20)15-17-7-6-8-17;/h4-6,10-11,16-17,21H,7-9,12-15,18-19H2,1-3H3;3-5,9-10,17H,6-8,11-16H2,1-2H3,(H,22,25);1H4. The molecular formula is C48H70N8O2. The summed E-state index contributed by atoms with van der Waals surface area (Å²) in [6, 6.07) is 22.1. The first-order chi connectivity index (χ1) is 27.5. The van der Waals surface area contributed by atoms with Crippen LogP contribution in [0.5, 0.6) is 0 Å². The molecule has 1 N–H and O–H groups in total. The summed E-state index contributed by atoms with van der Waals surface area (Å²) in [5.41, 5.74) is 3.69. The summed E-state index contributed by atoms with van der Waals surface area (Å²) in [6.07, 6.45) is 19.9. The zero-order valence-electron chi connectivity index (χ0n) is 35.3. The number of rotatable bonds is 9. The van der Waals surface area contributed by atoms with Crippen LogP contribution in [0.1, 0.15) is 114 Å². The van der Waals surface area contributed by atoms with Crippen LogP contribution in [0.2, 0.25) is 0 Å². The van der Waals surface area contributed by atoms with Crippen LogP contribution < -0.4 is 10.2 Å². The van der Waals surface area contributed by atoms with Crippen molar-refractivity contribution >= 4 is 17.7 Å². The molecule has 3 aromatic rings. The molecule has 58 heavy (non-hydrogen) atoms. The molecule has 1 aromatic heterocycles. The van der Waals surface area contributed by atoms with Gasteiger partial charge in [-0.25, -0.2) is 19.6 Å². The highest BCUT2D eigenvalue weighted by Gasteiger charge is 2.56. The van der Waals surface area contributed by atoms with Gasteiger partial charge in [0.05, 0.1) is 35.7 Å². The second-order valence-electron chi connectivity index (χ2n) is 18.9. The number of hydrogen-bond acceptors (Lipinski definition) is 6. The Balaban J connectivity index is 0.000000179. The Hall–Kier alpha value is -4.02. The van der Waals surface area contributed by atoms with Crippen LogP contribution >= 0.6 is 0 Å². The number of nitrogens with zero attached hydrogens (tertiary/aromatic N) is 7. The molecule has 4 aliphatic carbocycles. The third kappa shape index (κ3) is 7.64. The third-order valence-electron chi connectivity index (χ3n) is 15.6. The van der Waals surface area contributed by atoms with Gasteiger partial charge in [-0.2, -0.15) is 0 Å². The van der Waals surface area contributed by atoms with Gasteiger partial charge in [-0.15, -0.1) is 0 Å². The number of carbonyl (C=O) groups excluding carboxylic acids is 2. The van der Waals surface area contributed by atoms with Gasteiger partial charge in [0.2, 0.25) is 0 Å². The predicted octanol–water partition coefficient (Wildman–Crippen LogP) is 8.81. The van der Waals surface area contributed by atoms with Gasteiger partial charge in [0.1, 0.15) is 5.82 Å². The van der Waals surface area contributed by atoms with Gasteiger partial charge in [-0.05, 0) is 135 Å². The molecule has 314 valence electrons. The predicted molar refractivity (Wildman–Crippen MR) is 234 cm³/mol. The number of carbonyl (C=O) groups is 2. The Morgan fingerprint density at radius 1 is 0.655 bits per heavy atom. The Bertz CT molecular complexity index is 1830. The molecule has 0 unspecified atom stereocenters. The van der Waals surface area contributed by atoms with Gasteiger partial charge in [-0.1, -0.05) is 80.9 Å². The zero-order valence-corrected chi connectivity index (χ0v) is 35.3. The van der Waals surface area contributed by atoms with Crippen molar-refractivity contribution in [3.8, 4) is 0 Å². The summed E-state index contributed by atoms with van der Waals surface area (Å²) < 4.78 is 0. The SMILES string of the molecule is C.CN(C)C1(c2ccccc2)CCC2(CC1)CNC(=O)N2CC1CCC1.Cc1ncc(N2CC3(CCC(c4ccccc4)(N(C)C)CC3)N(CC3CCC3)C2=O)cn1. The number of benzene rings is 2. The molecule has 9 rings (SSSR count). The largest absolute Gasteiger partial charge is 0.336 e. The summed E-state index contributed by atoms with van der Waals surface area (Å²) in [7, 11) is 8.81. The first-order valence-electron chi connectivity index (χ1n) is 21.9. The van der Waals surface area contributed by atoms with Gasteiger partial charge in [0, 0.05) is 30.7 Å². The molecule has 10 heteroatoms. The lowest BCUT2D eigenvalue weighted by molar-refractivity contribution is 0.0170. The van der Waals surface area contributed by atoms with E-state index in [2.05, 4.69) is 124 Å². The van der Waals surface area contributed by atoms with Crippen molar-refractivity contribution in [2.75, 3.05) is 59.3 Å². The molecule has 4 saturated carbocycles. The molecular weight excluding hydrogens is 721 g/mol. The van der Waals surface area contributed by atoms with Gasteiger partial charge in [0.25, 0.3) is 0 Å². The summed E-state index contributed by atoms with van der Waals surface area (Å²) >= 11 is 0. The zero-order chi connectivity index (χ0) is 39.8. The Morgan fingerprint density at radius 3 is 1.53 bits per heavy atom. The highest BCUT2D eigenvalue weighted by molar-refractivity contribution is 5.95. The molecule has 4 amide bonds. The van der Waals surface area contributed by atoms with Crippen molar-refractivity contribution in [3.05, 3.63) is 90.0 Å². The van der Waals surface area contributed by atoms with E-state index in [0.717, 1.165) is 95.0 Å². The van der Waals surface area contributed by atoms with Crippen molar-refractivity contribution in [2.45, 2.75) is 126 Å². The number of amides is 4. The average molecular weight is 791 g/mol. The number of aromatic nitrogens is 2. The van der Waals surface area contributed by atoms with Crippen LogP contribution in [0, 0.1) is 18.8 Å². The van der Waals surface area contributed by atoms with Gasteiger partial charge >= 0.3 is 12.1 Å². The average Bonchev–Trinajstić information content (AvgIpc) is 3.64. The Kier molecular flexibility index (Phi) is 12.3. The first-order valence-corrected chi connectivity index (χ1v) is 21.9. The number of urea groups is 2. The van der Waals surface area contributed by atoms with Crippen LogP contribution in [0.4, 0.5) is 15.3 Å². The number of nitrogens with one attached hydrogen (secondary N) is 1. The summed E-state index contributed by atoms with van der Waals surface area (Å²) in [5.74, 6) is 2.12. The third-order valence-corrected chi connectivity index (χ3v) is 15.6. The van der Waals surface area contributed by atoms with Crippen molar-refractivity contribution in [2.24, 2.45) is 11.8 Å². The Labute approximate surface area is 348 Å². The quantitative estimate of drug-likeness (QED) is 0.233. The molecule has 10 nitrogen and oxygen atoms in total. The van der Waals surface area contributed by atoms with Gasteiger partial charge < -0.3 is 15.1 Å². The number of aryl methyl sites for hydroxylation is 1. The van der Waals surface area contributed by atoms with E-state index in [1.165, 1.54) is 49.7 Å².